The van der Waals surface area contributed by atoms with Crippen LogP contribution in [0.1, 0.15) is 56.3 Å². The zero-order chi connectivity index (χ0) is 14.9. The van der Waals surface area contributed by atoms with Gasteiger partial charge in [-0.25, -0.2) is 9.97 Å². The number of nitrogens with one attached hydrogen (secondary N) is 1. The Morgan fingerprint density at radius 1 is 1.45 bits per heavy atom. The molecule has 0 spiro atoms. The van der Waals surface area contributed by atoms with Crippen LogP contribution in [0.25, 0.3) is 0 Å². The Balaban J connectivity index is 2.31. The van der Waals surface area contributed by atoms with E-state index in [1.807, 2.05) is 18.7 Å². The molecule has 0 aliphatic carbocycles. The topological polar surface area (TPSA) is 58.1 Å². The summed E-state index contributed by atoms with van der Waals surface area (Å²) >= 11 is 0. The fraction of sp³-hybridized carbons (Fsp3) is 0.667. The first-order valence-electron chi connectivity index (χ1n) is 7.18. The highest BCUT2D eigenvalue weighted by Crippen LogP contribution is 2.30. The molecule has 1 N–H and O–H groups in total. The number of amides is 1. The summed E-state index contributed by atoms with van der Waals surface area (Å²) in [6.07, 6.45) is 2.74. The van der Waals surface area contributed by atoms with Gasteiger partial charge in [0.2, 0.25) is 0 Å². The average Bonchev–Trinajstić information content (AvgIpc) is 2.77. The molecule has 0 bridgehead atoms. The van der Waals surface area contributed by atoms with Crippen LogP contribution in [0.15, 0.2) is 6.20 Å². The maximum absolute atomic E-state index is 12.7. The van der Waals surface area contributed by atoms with Crippen molar-refractivity contribution in [2.75, 3.05) is 25.5 Å². The molecule has 5 heteroatoms. The van der Waals surface area contributed by atoms with E-state index < -0.39 is 0 Å². The number of carbonyl (C=O) groups is 1. The maximum Gasteiger partial charge on any atom is 0.274 e. The predicted molar refractivity (Wildman–Crippen MR) is 80.0 cm³/mol. The van der Waals surface area contributed by atoms with Gasteiger partial charge >= 0.3 is 0 Å². The van der Waals surface area contributed by atoms with Crippen molar-refractivity contribution in [1.82, 2.24) is 14.9 Å². The smallest absolute Gasteiger partial charge is 0.274 e. The van der Waals surface area contributed by atoms with Crippen LogP contribution in [0.4, 0.5) is 5.69 Å². The van der Waals surface area contributed by atoms with Gasteiger partial charge in [0.15, 0.2) is 5.69 Å². The largest absolute Gasteiger partial charge is 0.385 e. The predicted octanol–water partition coefficient (Wildman–Crippen LogP) is 2.51. The standard InChI is InChI=1S/C15H24N4O/c1-10(2)13-17-8-11(16-5)12(18-13)14(20)19-7-6-15(3,4)9-19/h8,10,16H,6-7,9H2,1-5H3. The van der Waals surface area contributed by atoms with Crippen molar-refractivity contribution < 1.29 is 4.79 Å². The molecule has 1 aromatic rings. The highest BCUT2D eigenvalue weighted by molar-refractivity contribution is 5.97. The fourth-order valence-electron chi connectivity index (χ4n) is 2.46. The molecule has 1 aliphatic rings. The summed E-state index contributed by atoms with van der Waals surface area (Å²) in [6.45, 7) is 10.0. The van der Waals surface area contributed by atoms with Gasteiger partial charge in [-0.05, 0) is 11.8 Å². The summed E-state index contributed by atoms with van der Waals surface area (Å²) in [7, 11) is 1.79. The molecule has 0 atom stereocenters. The monoisotopic (exact) mass is 276 g/mol. The van der Waals surface area contributed by atoms with E-state index in [-0.39, 0.29) is 17.2 Å². The van der Waals surface area contributed by atoms with Crippen LogP contribution in [-0.4, -0.2) is 40.9 Å². The van der Waals surface area contributed by atoms with Crippen molar-refractivity contribution in [1.29, 1.82) is 0 Å². The number of carbonyl (C=O) groups excluding carboxylic acids is 1. The summed E-state index contributed by atoms with van der Waals surface area (Å²) in [4.78, 5) is 23.4. The molecule has 20 heavy (non-hydrogen) atoms. The van der Waals surface area contributed by atoms with E-state index in [4.69, 9.17) is 0 Å². The molecule has 0 saturated carbocycles. The normalized spacial score (nSPS) is 17.6. The molecular weight excluding hydrogens is 252 g/mol. The summed E-state index contributed by atoms with van der Waals surface area (Å²) < 4.78 is 0. The Morgan fingerprint density at radius 2 is 2.15 bits per heavy atom. The molecule has 0 radical (unpaired) electrons. The Kier molecular flexibility index (Phi) is 3.97. The number of aromatic nitrogens is 2. The van der Waals surface area contributed by atoms with Crippen LogP contribution in [0.5, 0.6) is 0 Å². The molecule has 1 amide bonds. The lowest BCUT2D eigenvalue weighted by molar-refractivity contribution is 0.0773. The Bertz CT molecular complexity index is 511. The lowest BCUT2D eigenvalue weighted by atomic mass is 9.93. The van der Waals surface area contributed by atoms with Crippen LogP contribution < -0.4 is 5.32 Å². The second-order valence-electron chi connectivity index (χ2n) is 6.54. The van der Waals surface area contributed by atoms with Crippen LogP contribution in [0.2, 0.25) is 0 Å². The van der Waals surface area contributed by atoms with E-state index in [1.54, 1.807) is 13.2 Å². The summed E-state index contributed by atoms with van der Waals surface area (Å²) in [5, 5.41) is 3.01. The van der Waals surface area contributed by atoms with Crippen molar-refractivity contribution in [3.8, 4) is 0 Å². The fourth-order valence-corrected chi connectivity index (χ4v) is 2.46. The van der Waals surface area contributed by atoms with Gasteiger partial charge in [-0.3, -0.25) is 4.79 Å². The Hall–Kier alpha value is -1.65. The van der Waals surface area contributed by atoms with Gasteiger partial charge in [-0.15, -0.1) is 0 Å². The zero-order valence-corrected chi connectivity index (χ0v) is 13.0. The summed E-state index contributed by atoms with van der Waals surface area (Å²) in [5.74, 6) is 0.928. The average molecular weight is 276 g/mol. The third kappa shape index (κ3) is 2.92. The van der Waals surface area contributed by atoms with E-state index in [2.05, 4.69) is 29.1 Å². The lowest BCUT2D eigenvalue weighted by Gasteiger charge is -2.21. The molecule has 1 saturated heterocycles. The van der Waals surface area contributed by atoms with Crippen LogP contribution in [-0.2, 0) is 0 Å². The van der Waals surface area contributed by atoms with Crippen LogP contribution in [0.3, 0.4) is 0 Å². The minimum absolute atomic E-state index is 0.00391. The summed E-state index contributed by atoms with van der Waals surface area (Å²) in [5.41, 5.74) is 1.39. The zero-order valence-electron chi connectivity index (χ0n) is 13.0. The molecule has 2 rings (SSSR count). The van der Waals surface area contributed by atoms with E-state index >= 15 is 0 Å². The third-order valence-corrected chi connectivity index (χ3v) is 3.76. The van der Waals surface area contributed by atoms with Gasteiger partial charge in [-0.2, -0.15) is 0 Å². The molecule has 1 fully saturated rings. The second kappa shape index (κ2) is 5.38. The molecule has 110 valence electrons. The van der Waals surface area contributed by atoms with E-state index in [0.29, 0.717) is 17.2 Å². The van der Waals surface area contributed by atoms with Gasteiger partial charge in [-0.1, -0.05) is 27.7 Å². The maximum atomic E-state index is 12.7. The number of rotatable bonds is 3. The number of nitrogens with zero attached hydrogens (tertiary/aromatic N) is 3. The summed E-state index contributed by atoms with van der Waals surface area (Å²) in [6, 6.07) is 0. The first-order chi connectivity index (χ1) is 9.34. The molecule has 0 unspecified atom stereocenters. The van der Waals surface area contributed by atoms with Crippen molar-refractivity contribution in [2.24, 2.45) is 5.41 Å². The van der Waals surface area contributed by atoms with Crippen LogP contribution in [0, 0.1) is 5.41 Å². The van der Waals surface area contributed by atoms with Crippen LogP contribution >= 0.6 is 0 Å². The second-order valence-corrected chi connectivity index (χ2v) is 6.54. The van der Waals surface area contributed by atoms with E-state index in [0.717, 1.165) is 19.5 Å². The molecule has 0 aromatic carbocycles. The van der Waals surface area contributed by atoms with Crippen molar-refractivity contribution in [3.63, 3.8) is 0 Å². The lowest BCUT2D eigenvalue weighted by Crippen LogP contribution is -2.31. The third-order valence-electron chi connectivity index (χ3n) is 3.76. The molecule has 2 heterocycles. The number of anilines is 1. The first-order valence-corrected chi connectivity index (χ1v) is 7.18. The number of likely N-dealkylation sites (tertiary alicyclic amines) is 1. The van der Waals surface area contributed by atoms with Gasteiger partial charge in [0.1, 0.15) is 5.82 Å². The van der Waals surface area contributed by atoms with E-state index in [9.17, 15) is 4.79 Å². The first kappa shape index (κ1) is 14.8. The van der Waals surface area contributed by atoms with Gasteiger partial charge in [0, 0.05) is 26.1 Å². The highest BCUT2D eigenvalue weighted by Gasteiger charge is 2.33. The Morgan fingerprint density at radius 3 is 2.65 bits per heavy atom. The van der Waals surface area contributed by atoms with Gasteiger partial charge < -0.3 is 10.2 Å². The van der Waals surface area contributed by atoms with Crippen molar-refractivity contribution >= 4 is 11.6 Å². The van der Waals surface area contributed by atoms with Crippen molar-refractivity contribution in [2.45, 2.75) is 40.0 Å². The van der Waals surface area contributed by atoms with Gasteiger partial charge in [0.05, 0.1) is 11.9 Å². The number of hydrogen-bond donors (Lipinski definition) is 1. The minimum Gasteiger partial charge on any atom is -0.385 e. The minimum atomic E-state index is 0.00391. The van der Waals surface area contributed by atoms with E-state index in [1.165, 1.54) is 0 Å². The Labute approximate surface area is 120 Å². The molecule has 1 aliphatic heterocycles. The molecule has 1 aromatic heterocycles. The molecule has 5 nitrogen and oxygen atoms in total. The highest BCUT2D eigenvalue weighted by atomic mass is 16.2. The quantitative estimate of drug-likeness (QED) is 0.921. The molecular formula is C15H24N4O. The van der Waals surface area contributed by atoms with Crippen molar-refractivity contribution in [3.05, 3.63) is 17.7 Å². The SMILES string of the molecule is CNc1cnc(C(C)C)nc1C(=O)N1CCC(C)(C)C1. The van der Waals surface area contributed by atoms with Gasteiger partial charge in [0.25, 0.3) is 5.91 Å². The number of hydrogen-bond acceptors (Lipinski definition) is 4.